The van der Waals surface area contributed by atoms with Crippen molar-refractivity contribution in [2.24, 2.45) is 0 Å². The van der Waals surface area contributed by atoms with Gasteiger partial charge in [-0.05, 0) is 19.1 Å². The second-order valence-electron chi connectivity index (χ2n) is 2.21. The van der Waals surface area contributed by atoms with Crippen molar-refractivity contribution in [2.75, 3.05) is 0 Å². The van der Waals surface area contributed by atoms with Crippen LogP contribution in [0.2, 0.25) is 0 Å². The van der Waals surface area contributed by atoms with Crippen LogP contribution in [0.1, 0.15) is 13.8 Å². The van der Waals surface area contributed by atoms with Crippen LogP contribution in [0.5, 0.6) is 0 Å². The summed E-state index contributed by atoms with van der Waals surface area (Å²) in [6.45, 7) is 6.44. The minimum absolute atomic E-state index is 0.217. The van der Waals surface area contributed by atoms with E-state index in [1.807, 2.05) is 0 Å². The zero-order chi connectivity index (χ0) is 9.56. The Balaban J connectivity index is 4.01. The molecule has 0 aliphatic carbocycles. The Morgan fingerprint density at radius 2 is 2.08 bits per heavy atom. The molecular weight excluding hydrogens is 157 g/mol. The quantitative estimate of drug-likeness (QED) is 0.644. The van der Waals surface area contributed by atoms with E-state index in [-0.39, 0.29) is 11.7 Å². The monoisotopic (exact) mass is 169 g/mol. The number of amides is 1. The number of allylic oxidation sites excluding steroid dienone is 4. The number of rotatable bonds is 3. The van der Waals surface area contributed by atoms with Crippen LogP contribution in [0.4, 0.5) is 4.39 Å². The molecule has 0 aromatic carbocycles. The van der Waals surface area contributed by atoms with E-state index in [0.717, 1.165) is 0 Å². The van der Waals surface area contributed by atoms with E-state index < -0.39 is 0 Å². The maximum atomic E-state index is 12.5. The summed E-state index contributed by atoms with van der Waals surface area (Å²) in [7, 11) is 0. The third kappa shape index (κ3) is 5.41. The van der Waals surface area contributed by atoms with Crippen molar-refractivity contribution in [3.63, 3.8) is 0 Å². The third-order valence-electron chi connectivity index (χ3n) is 1.06. The van der Waals surface area contributed by atoms with Gasteiger partial charge in [-0.3, -0.25) is 4.79 Å². The van der Waals surface area contributed by atoms with Crippen LogP contribution in [-0.4, -0.2) is 5.91 Å². The molecule has 0 radical (unpaired) electrons. The molecule has 1 N–H and O–H groups in total. The first-order valence-corrected chi connectivity index (χ1v) is 3.52. The zero-order valence-corrected chi connectivity index (χ0v) is 7.23. The first-order chi connectivity index (χ1) is 5.56. The van der Waals surface area contributed by atoms with Crippen LogP contribution >= 0.6 is 0 Å². The van der Waals surface area contributed by atoms with Gasteiger partial charge in [0.1, 0.15) is 5.83 Å². The molecule has 0 aromatic heterocycles. The average molecular weight is 169 g/mol. The summed E-state index contributed by atoms with van der Waals surface area (Å²) in [6, 6.07) is 0. The Hall–Kier alpha value is -1.38. The number of carbonyl (C=O) groups is 1. The van der Waals surface area contributed by atoms with Crippen molar-refractivity contribution in [2.45, 2.75) is 13.8 Å². The summed E-state index contributed by atoms with van der Waals surface area (Å²) in [4.78, 5) is 10.5. The molecule has 0 rings (SSSR count). The molecule has 0 unspecified atom stereocenters. The van der Waals surface area contributed by atoms with Gasteiger partial charge in [-0.1, -0.05) is 12.7 Å². The van der Waals surface area contributed by atoms with Gasteiger partial charge in [-0.25, -0.2) is 4.39 Å². The summed E-state index contributed by atoms with van der Waals surface area (Å²) >= 11 is 0. The number of carbonyl (C=O) groups excluding carboxylic acids is 1. The molecule has 12 heavy (non-hydrogen) atoms. The van der Waals surface area contributed by atoms with Crippen LogP contribution in [0.25, 0.3) is 0 Å². The molecule has 0 atom stereocenters. The molecule has 0 aromatic rings. The normalized spacial score (nSPS) is 11.8. The van der Waals surface area contributed by atoms with Crippen LogP contribution in [0, 0.1) is 0 Å². The highest BCUT2D eigenvalue weighted by Gasteiger charge is 1.91. The molecular formula is C9H12FNO. The summed E-state index contributed by atoms with van der Waals surface area (Å²) in [5.41, 5.74) is 0.375. The van der Waals surface area contributed by atoms with Gasteiger partial charge in [0.05, 0.1) is 0 Å². The lowest BCUT2D eigenvalue weighted by molar-refractivity contribution is -0.118. The lowest BCUT2D eigenvalue weighted by Crippen LogP contribution is -2.16. The van der Waals surface area contributed by atoms with Crippen molar-refractivity contribution in [1.29, 1.82) is 0 Å². The highest BCUT2D eigenvalue weighted by atomic mass is 19.1. The van der Waals surface area contributed by atoms with Crippen LogP contribution < -0.4 is 5.32 Å². The fraction of sp³-hybridized carbons (Fsp3) is 0.222. The lowest BCUT2D eigenvalue weighted by atomic mass is 10.3. The molecule has 66 valence electrons. The predicted octanol–water partition coefficient (Wildman–Crippen LogP) is 2.07. The summed E-state index contributed by atoms with van der Waals surface area (Å²) in [6.07, 6.45) is 3.95. The van der Waals surface area contributed by atoms with Gasteiger partial charge in [-0.15, -0.1) is 0 Å². The second-order valence-corrected chi connectivity index (χ2v) is 2.21. The third-order valence-corrected chi connectivity index (χ3v) is 1.06. The van der Waals surface area contributed by atoms with Gasteiger partial charge in [0, 0.05) is 12.6 Å². The smallest absolute Gasteiger partial charge is 0.221 e. The van der Waals surface area contributed by atoms with Crippen molar-refractivity contribution < 1.29 is 9.18 Å². The maximum Gasteiger partial charge on any atom is 0.221 e. The first kappa shape index (κ1) is 10.6. The Labute approximate surface area is 71.5 Å². The van der Waals surface area contributed by atoms with E-state index in [0.29, 0.717) is 5.70 Å². The van der Waals surface area contributed by atoms with E-state index in [4.69, 9.17) is 0 Å². The fourth-order valence-electron chi connectivity index (χ4n) is 0.544. The van der Waals surface area contributed by atoms with Gasteiger partial charge in [0.2, 0.25) is 5.91 Å². The van der Waals surface area contributed by atoms with Crippen LogP contribution in [-0.2, 0) is 4.79 Å². The van der Waals surface area contributed by atoms with Gasteiger partial charge < -0.3 is 5.32 Å². The Morgan fingerprint density at radius 1 is 1.50 bits per heavy atom. The summed E-state index contributed by atoms with van der Waals surface area (Å²) in [5, 5.41) is 2.41. The molecule has 0 aliphatic rings. The van der Waals surface area contributed by atoms with E-state index in [1.165, 1.54) is 25.2 Å². The standard InChI is InChI=1S/C9H12FNO/c1-4-9(10)6-5-7(2)11-8(3)12/h4-6H,2H2,1,3H3,(H,11,12)/b6-5-,9-4+. The zero-order valence-electron chi connectivity index (χ0n) is 7.23. The van der Waals surface area contributed by atoms with E-state index >= 15 is 0 Å². The minimum Gasteiger partial charge on any atom is -0.327 e. The van der Waals surface area contributed by atoms with E-state index in [9.17, 15) is 9.18 Å². The molecule has 3 heteroatoms. The summed E-state index contributed by atoms with van der Waals surface area (Å²) < 4.78 is 12.5. The Bertz CT molecular complexity index is 241. The van der Waals surface area contributed by atoms with Crippen molar-refractivity contribution in [3.05, 3.63) is 36.3 Å². The molecule has 0 heterocycles. The molecule has 0 spiro atoms. The first-order valence-electron chi connectivity index (χ1n) is 3.52. The average Bonchev–Trinajstić information content (AvgIpc) is 1.99. The molecule has 1 amide bonds. The summed E-state index contributed by atoms with van der Waals surface area (Å²) in [5.74, 6) is -0.577. The number of nitrogens with one attached hydrogen (secondary N) is 1. The molecule has 0 fully saturated rings. The Morgan fingerprint density at radius 3 is 2.50 bits per heavy atom. The molecule has 0 saturated carbocycles. The number of hydrogen-bond acceptors (Lipinski definition) is 1. The fourth-order valence-corrected chi connectivity index (χ4v) is 0.544. The van der Waals surface area contributed by atoms with E-state index in [1.54, 1.807) is 6.92 Å². The largest absolute Gasteiger partial charge is 0.327 e. The Kier molecular flexibility index (Phi) is 4.69. The SMILES string of the molecule is C=C(/C=C\C(F)=C/C)NC(C)=O. The maximum absolute atomic E-state index is 12.5. The van der Waals surface area contributed by atoms with Crippen molar-refractivity contribution in [3.8, 4) is 0 Å². The van der Waals surface area contributed by atoms with Crippen LogP contribution in [0.15, 0.2) is 36.3 Å². The molecule has 0 bridgehead atoms. The van der Waals surface area contributed by atoms with Crippen LogP contribution in [0.3, 0.4) is 0 Å². The highest BCUT2D eigenvalue weighted by molar-refractivity contribution is 5.75. The van der Waals surface area contributed by atoms with E-state index in [2.05, 4.69) is 11.9 Å². The molecule has 0 saturated heterocycles. The van der Waals surface area contributed by atoms with Gasteiger partial charge >= 0.3 is 0 Å². The highest BCUT2D eigenvalue weighted by Crippen LogP contribution is 1.99. The second kappa shape index (κ2) is 5.29. The minimum atomic E-state index is -0.360. The van der Waals surface area contributed by atoms with Crippen molar-refractivity contribution >= 4 is 5.91 Å². The number of hydrogen-bond donors (Lipinski definition) is 1. The van der Waals surface area contributed by atoms with Crippen molar-refractivity contribution in [1.82, 2.24) is 5.32 Å². The molecule has 0 aliphatic heterocycles. The topological polar surface area (TPSA) is 29.1 Å². The lowest BCUT2D eigenvalue weighted by Gasteiger charge is -1.97. The number of halogens is 1. The van der Waals surface area contributed by atoms with Gasteiger partial charge in [0.15, 0.2) is 0 Å². The van der Waals surface area contributed by atoms with Gasteiger partial charge in [0.25, 0.3) is 0 Å². The van der Waals surface area contributed by atoms with Gasteiger partial charge in [-0.2, -0.15) is 0 Å². The predicted molar refractivity (Wildman–Crippen MR) is 47.0 cm³/mol. The molecule has 2 nitrogen and oxygen atoms in total.